The van der Waals surface area contributed by atoms with Crippen LogP contribution in [0.5, 0.6) is 5.75 Å². The van der Waals surface area contributed by atoms with E-state index in [1.165, 1.54) is 18.4 Å². The van der Waals surface area contributed by atoms with Crippen molar-refractivity contribution in [3.63, 3.8) is 0 Å². The first-order chi connectivity index (χ1) is 8.16. The second-order valence-corrected chi connectivity index (χ2v) is 5.47. The van der Waals surface area contributed by atoms with Crippen molar-refractivity contribution in [1.82, 2.24) is 5.32 Å². The molecule has 2 rings (SSSR count). The standard InChI is InChI=1S/C15H23NO/c1-12(2)15(8-9-15)11-16-10-13-4-6-14(17-3)7-5-13/h4-7,12,16H,8-11H2,1-3H3. The van der Waals surface area contributed by atoms with E-state index in [1.807, 2.05) is 12.1 Å². The van der Waals surface area contributed by atoms with E-state index in [9.17, 15) is 0 Å². The van der Waals surface area contributed by atoms with Crippen LogP contribution in [0.25, 0.3) is 0 Å². The van der Waals surface area contributed by atoms with E-state index in [2.05, 4.69) is 31.3 Å². The van der Waals surface area contributed by atoms with Crippen molar-refractivity contribution < 1.29 is 4.74 Å². The van der Waals surface area contributed by atoms with Crippen LogP contribution in [0.3, 0.4) is 0 Å². The monoisotopic (exact) mass is 233 g/mol. The Bertz CT molecular complexity index is 352. The number of methoxy groups -OCH3 is 1. The first-order valence-corrected chi connectivity index (χ1v) is 6.50. The maximum absolute atomic E-state index is 5.15. The van der Waals surface area contributed by atoms with Crippen molar-refractivity contribution in [2.45, 2.75) is 33.2 Å². The number of hydrogen-bond acceptors (Lipinski definition) is 2. The van der Waals surface area contributed by atoms with Crippen LogP contribution in [0.15, 0.2) is 24.3 Å². The Labute approximate surface area is 104 Å². The molecule has 1 aromatic rings. The van der Waals surface area contributed by atoms with E-state index < -0.39 is 0 Å². The van der Waals surface area contributed by atoms with Crippen molar-refractivity contribution in [2.24, 2.45) is 11.3 Å². The SMILES string of the molecule is COc1ccc(CNCC2(C(C)C)CC2)cc1. The third kappa shape index (κ3) is 3.01. The average Bonchev–Trinajstić information content (AvgIpc) is 3.11. The quantitative estimate of drug-likeness (QED) is 0.814. The zero-order valence-corrected chi connectivity index (χ0v) is 11.1. The van der Waals surface area contributed by atoms with Gasteiger partial charge in [-0.3, -0.25) is 0 Å². The van der Waals surface area contributed by atoms with Gasteiger partial charge in [0.25, 0.3) is 0 Å². The van der Waals surface area contributed by atoms with Gasteiger partial charge in [-0.2, -0.15) is 0 Å². The minimum atomic E-state index is 0.590. The number of benzene rings is 1. The van der Waals surface area contributed by atoms with Crippen LogP contribution in [-0.4, -0.2) is 13.7 Å². The van der Waals surface area contributed by atoms with Crippen LogP contribution < -0.4 is 10.1 Å². The van der Waals surface area contributed by atoms with E-state index in [4.69, 9.17) is 4.74 Å². The highest BCUT2D eigenvalue weighted by Gasteiger charge is 2.44. The summed E-state index contributed by atoms with van der Waals surface area (Å²) >= 11 is 0. The molecule has 1 saturated carbocycles. The van der Waals surface area contributed by atoms with Crippen molar-refractivity contribution in [2.75, 3.05) is 13.7 Å². The van der Waals surface area contributed by atoms with Crippen molar-refractivity contribution in [1.29, 1.82) is 0 Å². The number of rotatable bonds is 6. The minimum absolute atomic E-state index is 0.590. The van der Waals surface area contributed by atoms with Crippen molar-refractivity contribution in [3.05, 3.63) is 29.8 Å². The van der Waals surface area contributed by atoms with Gasteiger partial charge in [0, 0.05) is 13.1 Å². The molecule has 1 aromatic carbocycles. The van der Waals surface area contributed by atoms with Crippen LogP contribution in [0.1, 0.15) is 32.3 Å². The molecule has 94 valence electrons. The first-order valence-electron chi connectivity index (χ1n) is 6.50. The first kappa shape index (κ1) is 12.4. The zero-order chi connectivity index (χ0) is 12.3. The highest BCUT2D eigenvalue weighted by atomic mass is 16.5. The molecule has 0 spiro atoms. The Hall–Kier alpha value is -1.02. The Balaban J connectivity index is 1.78. The summed E-state index contributed by atoms with van der Waals surface area (Å²) in [5.41, 5.74) is 1.91. The summed E-state index contributed by atoms with van der Waals surface area (Å²) in [7, 11) is 1.70. The maximum atomic E-state index is 5.15. The van der Waals surface area contributed by atoms with Crippen LogP contribution in [-0.2, 0) is 6.54 Å². The van der Waals surface area contributed by atoms with E-state index in [-0.39, 0.29) is 0 Å². The van der Waals surface area contributed by atoms with Crippen LogP contribution in [0.2, 0.25) is 0 Å². The van der Waals surface area contributed by atoms with Gasteiger partial charge in [0.05, 0.1) is 7.11 Å². The molecule has 0 bridgehead atoms. The normalized spacial score (nSPS) is 17.2. The predicted octanol–water partition coefficient (Wildman–Crippen LogP) is 3.22. The molecule has 0 aliphatic heterocycles. The number of hydrogen-bond donors (Lipinski definition) is 1. The van der Waals surface area contributed by atoms with Gasteiger partial charge >= 0.3 is 0 Å². The van der Waals surface area contributed by atoms with E-state index in [1.54, 1.807) is 7.11 Å². The molecule has 0 heterocycles. The highest BCUT2D eigenvalue weighted by Crippen LogP contribution is 2.51. The fourth-order valence-electron chi connectivity index (χ4n) is 2.32. The molecular weight excluding hydrogens is 210 g/mol. The summed E-state index contributed by atoms with van der Waals surface area (Å²) in [5, 5.41) is 3.58. The summed E-state index contributed by atoms with van der Waals surface area (Å²) in [6, 6.07) is 8.29. The molecule has 0 aromatic heterocycles. The lowest BCUT2D eigenvalue weighted by molar-refractivity contribution is 0.338. The summed E-state index contributed by atoms with van der Waals surface area (Å²) < 4.78 is 5.15. The Morgan fingerprint density at radius 3 is 2.35 bits per heavy atom. The maximum Gasteiger partial charge on any atom is 0.118 e. The molecule has 2 nitrogen and oxygen atoms in total. The third-order valence-electron chi connectivity index (χ3n) is 4.08. The molecule has 1 N–H and O–H groups in total. The lowest BCUT2D eigenvalue weighted by atomic mass is 9.92. The molecule has 0 saturated heterocycles. The lowest BCUT2D eigenvalue weighted by Gasteiger charge is -2.20. The van der Waals surface area contributed by atoms with Gasteiger partial charge in [0.1, 0.15) is 5.75 Å². The molecular formula is C15H23NO. The molecule has 0 atom stereocenters. The van der Waals surface area contributed by atoms with Gasteiger partial charge in [0.2, 0.25) is 0 Å². The van der Waals surface area contributed by atoms with Crippen molar-refractivity contribution >= 4 is 0 Å². The molecule has 0 radical (unpaired) electrons. The molecule has 1 fully saturated rings. The van der Waals surface area contributed by atoms with Crippen LogP contribution >= 0.6 is 0 Å². The Kier molecular flexibility index (Phi) is 3.72. The van der Waals surface area contributed by atoms with Crippen LogP contribution in [0, 0.1) is 11.3 Å². The smallest absolute Gasteiger partial charge is 0.118 e. The summed E-state index contributed by atoms with van der Waals surface area (Å²) in [5.74, 6) is 1.72. The molecule has 1 aliphatic carbocycles. The fourth-order valence-corrected chi connectivity index (χ4v) is 2.32. The summed E-state index contributed by atoms with van der Waals surface area (Å²) in [6.07, 6.45) is 2.78. The Morgan fingerprint density at radius 2 is 1.88 bits per heavy atom. The second-order valence-electron chi connectivity index (χ2n) is 5.47. The minimum Gasteiger partial charge on any atom is -0.497 e. The summed E-state index contributed by atoms with van der Waals surface area (Å²) in [6.45, 7) is 6.78. The van der Waals surface area contributed by atoms with Gasteiger partial charge in [0.15, 0.2) is 0 Å². The topological polar surface area (TPSA) is 21.3 Å². The third-order valence-corrected chi connectivity index (χ3v) is 4.08. The average molecular weight is 233 g/mol. The van der Waals surface area contributed by atoms with E-state index in [0.29, 0.717) is 5.41 Å². The van der Waals surface area contributed by atoms with E-state index in [0.717, 1.165) is 24.8 Å². The Morgan fingerprint density at radius 1 is 1.24 bits per heavy atom. The fraction of sp³-hybridized carbons (Fsp3) is 0.600. The predicted molar refractivity (Wildman–Crippen MR) is 71.2 cm³/mol. The van der Waals surface area contributed by atoms with Gasteiger partial charge in [-0.05, 0) is 41.9 Å². The molecule has 17 heavy (non-hydrogen) atoms. The largest absolute Gasteiger partial charge is 0.497 e. The summed E-state index contributed by atoms with van der Waals surface area (Å²) in [4.78, 5) is 0. The molecule has 0 amide bonds. The van der Waals surface area contributed by atoms with Gasteiger partial charge in [-0.25, -0.2) is 0 Å². The highest BCUT2D eigenvalue weighted by molar-refractivity contribution is 5.27. The molecule has 0 unspecified atom stereocenters. The zero-order valence-electron chi connectivity index (χ0n) is 11.1. The van der Waals surface area contributed by atoms with Crippen molar-refractivity contribution in [3.8, 4) is 5.75 Å². The van der Waals surface area contributed by atoms with Gasteiger partial charge in [-0.1, -0.05) is 26.0 Å². The number of nitrogens with one attached hydrogen (secondary N) is 1. The second kappa shape index (κ2) is 5.09. The van der Waals surface area contributed by atoms with Gasteiger partial charge < -0.3 is 10.1 Å². The molecule has 1 aliphatic rings. The molecule has 2 heteroatoms. The lowest BCUT2D eigenvalue weighted by Crippen LogP contribution is -2.27. The number of ether oxygens (including phenoxy) is 1. The van der Waals surface area contributed by atoms with E-state index >= 15 is 0 Å². The van der Waals surface area contributed by atoms with Gasteiger partial charge in [-0.15, -0.1) is 0 Å². The van der Waals surface area contributed by atoms with Crippen LogP contribution in [0.4, 0.5) is 0 Å².